The SMILES string of the molecule is CCOC(=O)c1cccc(NC(=O)c2cccc(-n3nnnc3[C@@H]3c4c(cc5c(c4OC)OCO5)CCN3C)c2)c1. The molecule has 41 heavy (non-hydrogen) atoms. The first-order chi connectivity index (χ1) is 20.0. The zero-order valence-corrected chi connectivity index (χ0v) is 22.8. The quantitative estimate of drug-likeness (QED) is 0.338. The normalized spacial score (nSPS) is 15.7. The van der Waals surface area contributed by atoms with Gasteiger partial charge in [0.05, 0.1) is 25.0 Å². The summed E-state index contributed by atoms with van der Waals surface area (Å²) in [6, 6.07) is 15.3. The summed E-state index contributed by atoms with van der Waals surface area (Å²) in [5.74, 6) is 1.58. The molecule has 1 atom stereocenters. The molecule has 0 spiro atoms. The number of methoxy groups -OCH3 is 1. The van der Waals surface area contributed by atoms with Gasteiger partial charge < -0.3 is 24.3 Å². The number of tetrazole rings is 1. The number of carbonyl (C=O) groups is 2. The molecule has 0 bridgehead atoms. The van der Waals surface area contributed by atoms with Gasteiger partial charge in [-0.15, -0.1) is 5.10 Å². The summed E-state index contributed by atoms with van der Waals surface area (Å²) in [5.41, 5.74) is 3.81. The Morgan fingerprint density at radius 2 is 1.93 bits per heavy atom. The number of fused-ring (bicyclic) bond motifs is 2. The molecule has 1 N–H and O–H groups in total. The van der Waals surface area contributed by atoms with Gasteiger partial charge in [0.25, 0.3) is 5.91 Å². The lowest BCUT2D eigenvalue weighted by Gasteiger charge is -2.34. The molecule has 0 fully saturated rings. The van der Waals surface area contributed by atoms with Gasteiger partial charge in [0.2, 0.25) is 12.5 Å². The van der Waals surface area contributed by atoms with E-state index < -0.39 is 5.97 Å². The first-order valence-electron chi connectivity index (χ1n) is 13.1. The number of benzene rings is 3. The van der Waals surface area contributed by atoms with E-state index in [2.05, 4.69) is 25.7 Å². The number of esters is 1. The van der Waals surface area contributed by atoms with Crippen LogP contribution in [0.4, 0.5) is 5.69 Å². The number of nitrogens with one attached hydrogen (secondary N) is 1. The summed E-state index contributed by atoms with van der Waals surface area (Å²) in [5, 5.41) is 15.5. The third-order valence-corrected chi connectivity index (χ3v) is 7.12. The maximum Gasteiger partial charge on any atom is 0.338 e. The number of anilines is 1. The maximum absolute atomic E-state index is 13.2. The highest BCUT2D eigenvalue weighted by Crippen LogP contribution is 2.50. The number of hydrogen-bond acceptors (Lipinski definition) is 10. The highest BCUT2D eigenvalue weighted by Gasteiger charge is 2.37. The predicted molar refractivity (Wildman–Crippen MR) is 147 cm³/mol. The van der Waals surface area contributed by atoms with Crippen molar-refractivity contribution in [2.75, 3.05) is 39.4 Å². The molecule has 0 saturated heterocycles. The fraction of sp³-hybridized carbons (Fsp3) is 0.276. The number of aromatic nitrogens is 4. The number of nitrogens with zero attached hydrogens (tertiary/aromatic N) is 5. The van der Waals surface area contributed by atoms with Crippen molar-refractivity contribution in [2.45, 2.75) is 19.4 Å². The molecule has 3 heterocycles. The summed E-state index contributed by atoms with van der Waals surface area (Å²) < 4.78 is 23.9. The van der Waals surface area contributed by atoms with E-state index in [1.165, 1.54) is 0 Å². The number of carbonyl (C=O) groups excluding carboxylic acids is 2. The number of ether oxygens (including phenoxy) is 4. The Kier molecular flexibility index (Phi) is 6.98. The van der Waals surface area contributed by atoms with Gasteiger partial charge >= 0.3 is 5.97 Å². The minimum Gasteiger partial charge on any atom is -0.492 e. The Hall–Kier alpha value is -4.97. The second-order valence-corrected chi connectivity index (χ2v) is 9.60. The van der Waals surface area contributed by atoms with Crippen molar-refractivity contribution in [3.05, 3.63) is 82.7 Å². The highest BCUT2D eigenvalue weighted by atomic mass is 16.7. The lowest BCUT2D eigenvalue weighted by molar-refractivity contribution is 0.0526. The Morgan fingerprint density at radius 3 is 2.76 bits per heavy atom. The van der Waals surface area contributed by atoms with Gasteiger partial charge in [0.15, 0.2) is 17.3 Å². The summed E-state index contributed by atoms with van der Waals surface area (Å²) >= 11 is 0. The fourth-order valence-corrected chi connectivity index (χ4v) is 5.23. The molecule has 0 aliphatic carbocycles. The summed E-state index contributed by atoms with van der Waals surface area (Å²) in [6.07, 6.45) is 0.796. The summed E-state index contributed by atoms with van der Waals surface area (Å²) in [6.45, 7) is 2.90. The van der Waals surface area contributed by atoms with Crippen molar-refractivity contribution >= 4 is 17.6 Å². The Labute approximate surface area is 235 Å². The first-order valence-corrected chi connectivity index (χ1v) is 13.1. The molecule has 4 aromatic rings. The van der Waals surface area contributed by atoms with Gasteiger partial charge in [-0.1, -0.05) is 12.1 Å². The Bertz CT molecular complexity index is 1640. The van der Waals surface area contributed by atoms with Crippen molar-refractivity contribution in [3.8, 4) is 22.9 Å². The van der Waals surface area contributed by atoms with Gasteiger partial charge in [0.1, 0.15) is 6.04 Å². The van der Waals surface area contributed by atoms with Gasteiger partial charge in [-0.3, -0.25) is 9.69 Å². The van der Waals surface area contributed by atoms with Gasteiger partial charge in [0, 0.05) is 23.4 Å². The number of likely N-dealkylation sites (N-methyl/N-ethyl adjacent to an activating group) is 1. The third kappa shape index (κ3) is 4.82. The van der Waals surface area contributed by atoms with E-state index in [-0.39, 0.29) is 25.3 Å². The molecule has 0 saturated carbocycles. The Balaban J connectivity index is 1.32. The molecule has 12 heteroatoms. The molecule has 2 aliphatic rings. The molecule has 0 unspecified atom stereocenters. The van der Waals surface area contributed by atoms with Crippen molar-refractivity contribution in [1.29, 1.82) is 0 Å². The molecule has 210 valence electrons. The van der Waals surface area contributed by atoms with Gasteiger partial charge in [-0.05, 0) is 78.8 Å². The Morgan fingerprint density at radius 1 is 1.10 bits per heavy atom. The molecule has 12 nitrogen and oxygen atoms in total. The number of amides is 1. The van der Waals surface area contributed by atoms with Crippen LogP contribution in [0.15, 0.2) is 54.6 Å². The van der Waals surface area contributed by atoms with E-state index in [9.17, 15) is 9.59 Å². The largest absolute Gasteiger partial charge is 0.492 e. The molecule has 1 amide bonds. The van der Waals surface area contributed by atoms with E-state index in [0.717, 1.165) is 24.1 Å². The van der Waals surface area contributed by atoms with E-state index in [1.54, 1.807) is 61.2 Å². The predicted octanol–water partition coefficient (Wildman–Crippen LogP) is 3.41. The van der Waals surface area contributed by atoms with Crippen LogP contribution in [-0.2, 0) is 11.2 Å². The zero-order chi connectivity index (χ0) is 28.5. The summed E-state index contributed by atoms with van der Waals surface area (Å²) in [7, 11) is 3.61. The second kappa shape index (κ2) is 10.9. The van der Waals surface area contributed by atoms with Crippen LogP contribution >= 0.6 is 0 Å². The number of hydrogen-bond donors (Lipinski definition) is 1. The molecular formula is C29H28N6O6. The van der Waals surface area contributed by atoms with Crippen LogP contribution < -0.4 is 19.5 Å². The van der Waals surface area contributed by atoms with Crippen LogP contribution in [0.1, 0.15) is 50.6 Å². The number of rotatable bonds is 7. The fourth-order valence-electron chi connectivity index (χ4n) is 5.23. The van der Waals surface area contributed by atoms with Crippen molar-refractivity contribution in [1.82, 2.24) is 25.1 Å². The molecule has 6 rings (SSSR count). The molecule has 1 aromatic heterocycles. The molecule has 3 aromatic carbocycles. The lowest BCUT2D eigenvalue weighted by Crippen LogP contribution is -2.35. The van der Waals surface area contributed by atoms with Crippen LogP contribution in [0, 0.1) is 0 Å². The summed E-state index contributed by atoms with van der Waals surface area (Å²) in [4.78, 5) is 27.5. The third-order valence-electron chi connectivity index (χ3n) is 7.12. The minimum absolute atomic E-state index is 0.134. The van der Waals surface area contributed by atoms with Crippen LogP contribution in [0.5, 0.6) is 17.2 Å². The van der Waals surface area contributed by atoms with Crippen molar-refractivity contribution < 1.29 is 28.5 Å². The van der Waals surface area contributed by atoms with Gasteiger partial charge in [-0.2, -0.15) is 4.68 Å². The van der Waals surface area contributed by atoms with Crippen LogP contribution in [0.3, 0.4) is 0 Å². The monoisotopic (exact) mass is 556 g/mol. The molecular weight excluding hydrogens is 528 g/mol. The second-order valence-electron chi connectivity index (χ2n) is 9.60. The smallest absolute Gasteiger partial charge is 0.338 e. The van der Waals surface area contributed by atoms with E-state index >= 15 is 0 Å². The van der Waals surface area contributed by atoms with E-state index in [4.69, 9.17) is 18.9 Å². The highest BCUT2D eigenvalue weighted by molar-refractivity contribution is 6.05. The zero-order valence-electron chi connectivity index (χ0n) is 22.8. The van der Waals surface area contributed by atoms with Crippen molar-refractivity contribution in [2.24, 2.45) is 0 Å². The lowest BCUT2D eigenvalue weighted by atomic mass is 9.90. The van der Waals surface area contributed by atoms with E-state index in [1.807, 2.05) is 19.2 Å². The standard InChI is InChI=1S/C29H28N6O6/c1-4-39-29(37)19-8-5-9-20(13-19)30-28(36)18-7-6-10-21(14-18)35-27(31-32-33-35)24-23-17(11-12-34(24)2)15-22-25(26(23)38-3)41-16-40-22/h5-10,13-15,24H,4,11-12,16H2,1-3H3,(H,30,36)/t24-/m0/s1. The van der Waals surface area contributed by atoms with Crippen molar-refractivity contribution in [3.63, 3.8) is 0 Å². The topological polar surface area (TPSA) is 130 Å². The van der Waals surface area contributed by atoms with Crippen LogP contribution in [0.25, 0.3) is 5.69 Å². The molecule has 2 aliphatic heterocycles. The average molecular weight is 557 g/mol. The minimum atomic E-state index is -0.452. The first kappa shape index (κ1) is 26.3. The molecule has 0 radical (unpaired) electrons. The van der Waals surface area contributed by atoms with Crippen LogP contribution in [-0.4, -0.2) is 71.1 Å². The maximum atomic E-state index is 13.2. The van der Waals surface area contributed by atoms with Gasteiger partial charge in [-0.25, -0.2) is 4.79 Å². The average Bonchev–Trinajstić information content (AvgIpc) is 3.66. The van der Waals surface area contributed by atoms with Crippen LogP contribution in [0.2, 0.25) is 0 Å². The van der Waals surface area contributed by atoms with E-state index in [0.29, 0.717) is 45.6 Å².